The number of rotatable bonds is 3. The molecule has 1 aliphatic carbocycles. The van der Waals surface area contributed by atoms with E-state index in [9.17, 15) is 8.42 Å². The second-order valence-corrected chi connectivity index (χ2v) is 6.84. The third-order valence-corrected chi connectivity index (χ3v) is 5.22. The fourth-order valence-corrected chi connectivity index (χ4v) is 3.85. The van der Waals surface area contributed by atoms with E-state index in [4.69, 9.17) is 5.26 Å². The van der Waals surface area contributed by atoms with Gasteiger partial charge in [0.15, 0.2) is 0 Å². The Hall–Kier alpha value is -1.38. The molecule has 19 heavy (non-hydrogen) atoms. The monoisotopic (exact) mass is 278 g/mol. The first-order valence-corrected chi connectivity index (χ1v) is 8.04. The molecule has 5 heteroatoms. The van der Waals surface area contributed by atoms with Gasteiger partial charge in [-0.15, -0.1) is 0 Å². The van der Waals surface area contributed by atoms with Gasteiger partial charge in [0.2, 0.25) is 10.0 Å². The molecule has 2 rings (SSSR count). The molecule has 0 saturated heterocycles. The molecule has 0 amide bonds. The lowest BCUT2D eigenvalue weighted by Gasteiger charge is -2.29. The van der Waals surface area contributed by atoms with Crippen LogP contribution in [0, 0.1) is 17.2 Å². The zero-order chi connectivity index (χ0) is 13.9. The maximum absolute atomic E-state index is 12.3. The first-order valence-electron chi connectivity index (χ1n) is 6.55. The molecule has 2 unspecified atom stereocenters. The van der Waals surface area contributed by atoms with Crippen LogP contribution in [0.15, 0.2) is 29.2 Å². The lowest BCUT2D eigenvalue weighted by molar-refractivity contribution is 0.310. The SMILES string of the molecule is CC1CCCCC1NS(=O)(=O)c1ccc(C#N)cc1. The molecule has 1 aromatic rings. The fourth-order valence-electron chi connectivity index (χ4n) is 2.47. The quantitative estimate of drug-likeness (QED) is 0.923. The second kappa shape index (κ2) is 5.72. The predicted molar refractivity (Wildman–Crippen MR) is 72.9 cm³/mol. The molecular weight excluding hydrogens is 260 g/mol. The third kappa shape index (κ3) is 3.34. The topological polar surface area (TPSA) is 70.0 Å². The Morgan fingerprint density at radius 3 is 2.42 bits per heavy atom. The van der Waals surface area contributed by atoms with Crippen LogP contribution in [0.25, 0.3) is 0 Å². The highest BCUT2D eigenvalue weighted by molar-refractivity contribution is 7.89. The summed E-state index contributed by atoms with van der Waals surface area (Å²) in [4.78, 5) is 0.226. The Labute approximate surface area is 114 Å². The highest BCUT2D eigenvalue weighted by atomic mass is 32.2. The smallest absolute Gasteiger partial charge is 0.208 e. The predicted octanol–water partition coefficient (Wildman–Crippen LogP) is 2.42. The minimum Gasteiger partial charge on any atom is -0.208 e. The van der Waals surface area contributed by atoms with Crippen LogP contribution in [-0.4, -0.2) is 14.5 Å². The van der Waals surface area contributed by atoms with E-state index in [1.807, 2.05) is 6.07 Å². The van der Waals surface area contributed by atoms with Crippen molar-refractivity contribution in [3.8, 4) is 6.07 Å². The van der Waals surface area contributed by atoms with Gasteiger partial charge in [0, 0.05) is 6.04 Å². The first-order chi connectivity index (χ1) is 9.03. The Kier molecular flexibility index (Phi) is 4.23. The summed E-state index contributed by atoms with van der Waals surface area (Å²) in [6.45, 7) is 2.09. The largest absolute Gasteiger partial charge is 0.240 e. The lowest BCUT2D eigenvalue weighted by Crippen LogP contribution is -2.40. The van der Waals surface area contributed by atoms with Gasteiger partial charge in [-0.3, -0.25) is 0 Å². The molecule has 0 bridgehead atoms. The van der Waals surface area contributed by atoms with Crippen LogP contribution in [0.5, 0.6) is 0 Å². The van der Waals surface area contributed by atoms with E-state index in [2.05, 4.69) is 11.6 Å². The van der Waals surface area contributed by atoms with Crippen molar-refractivity contribution in [3.05, 3.63) is 29.8 Å². The van der Waals surface area contributed by atoms with Crippen LogP contribution in [-0.2, 0) is 10.0 Å². The van der Waals surface area contributed by atoms with Gasteiger partial charge in [0.05, 0.1) is 16.5 Å². The summed E-state index contributed by atoms with van der Waals surface area (Å²) in [5.41, 5.74) is 0.463. The number of hydrogen-bond acceptors (Lipinski definition) is 3. The van der Waals surface area contributed by atoms with Crippen LogP contribution < -0.4 is 4.72 Å². The van der Waals surface area contributed by atoms with E-state index >= 15 is 0 Å². The van der Waals surface area contributed by atoms with Crippen molar-refractivity contribution in [1.82, 2.24) is 4.72 Å². The molecular formula is C14H18N2O2S. The molecule has 1 N–H and O–H groups in total. The third-order valence-electron chi connectivity index (χ3n) is 3.71. The summed E-state index contributed by atoms with van der Waals surface area (Å²) in [5, 5.41) is 8.71. The van der Waals surface area contributed by atoms with Gasteiger partial charge in [0.25, 0.3) is 0 Å². The molecule has 0 aliphatic heterocycles. The maximum Gasteiger partial charge on any atom is 0.240 e. The number of benzene rings is 1. The molecule has 2 atom stereocenters. The standard InChI is InChI=1S/C14H18N2O2S/c1-11-4-2-3-5-14(11)16-19(17,18)13-8-6-12(10-15)7-9-13/h6-9,11,14,16H,2-5H2,1H3. The summed E-state index contributed by atoms with van der Waals surface area (Å²) >= 11 is 0. The normalized spacial score (nSPS) is 23.8. The Morgan fingerprint density at radius 1 is 1.21 bits per heavy atom. The molecule has 1 fully saturated rings. The van der Waals surface area contributed by atoms with Crippen LogP contribution >= 0.6 is 0 Å². The molecule has 0 aromatic heterocycles. The second-order valence-electron chi connectivity index (χ2n) is 5.13. The fraction of sp³-hybridized carbons (Fsp3) is 0.500. The van der Waals surface area contributed by atoms with Crippen LogP contribution in [0.1, 0.15) is 38.2 Å². The molecule has 102 valence electrons. The first kappa shape index (κ1) is 14.0. The molecule has 1 aromatic carbocycles. The van der Waals surface area contributed by atoms with Gasteiger partial charge >= 0.3 is 0 Å². The number of hydrogen-bond donors (Lipinski definition) is 1. The number of nitriles is 1. The van der Waals surface area contributed by atoms with Crippen molar-refractivity contribution in [3.63, 3.8) is 0 Å². The van der Waals surface area contributed by atoms with Crippen LogP contribution in [0.4, 0.5) is 0 Å². The van der Waals surface area contributed by atoms with Crippen molar-refractivity contribution >= 4 is 10.0 Å². The van der Waals surface area contributed by atoms with E-state index in [1.165, 1.54) is 30.7 Å². The van der Waals surface area contributed by atoms with Crippen molar-refractivity contribution in [2.75, 3.05) is 0 Å². The van der Waals surface area contributed by atoms with Crippen molar-refractivity contribution in [2.45, 2.75) is 43.5 Å². The summed E-state index contributed by atoms with van der Waals surface area (Å²) in [5.74, 6) is 0.377. The summed E-state index contributed by atoms with van der Waals surface area (Å²) in [7, 11) is -3.48. The van der Waals surface area contributed by atoms with Gasteiger partial charge in [-0.1, -0.05) is 19.8 Å². The van der Waals surface area contributed by atoms with E-state index in [1.54, 1.807) is 0 Å². The minimum atomic E-state index is -3.48. The number of sulfonamides is 1. The van der Waals surface area contributed by atoms with E-state index in [0.29, 0.717) is 11.5 Å². The Balaban J connectivity index is 2.15. The number of nitrogens with one attached hydrogen (secondary N) is 1. The maximum atomic E-state index is 12.3. The summed E-state index contributed by atoms with van der Waals surface area (Å²) in [6, 6.07) is 8.02. The van der Waals surface area contributed by atoms with E-state index in [0.717, 1.165) is 19.3 Å². The van der Waals surface area contributed by atoms with E-state index < -0.39 is 10.0 Å². The molecule has 0 radical (unpaired) electrons. The van der Waals surface area contributed by atoms with Crippen LogP contribution in [0.3, 0.4) is 0 Å². The van der Waals surface area contributed by atoms with Gasteiger partial charge in [-0.2, -0.15) is 5.26 Å². The average Bonchev–Trinajstić information content (AvgIpc) is 2.41. The average molecular weight is 278 g/mol. The number of nitrogens with zero attached hydrogens (tertiary/aromatic N) is 1. The van der Waals surface area contributed by atoms with Gasteiger partial charge in [0.1, 0.15) is 0 Å². The minimum absolute atomic E-state index is 0.0226. The Bertz CT molecular complexity index is 572. The molecule has 1 saturated carbocycles. The van der Waals surface area contributed by atoms with Gasteiger partial charge in [-0.05, 0) is 43.0 Å². The van der Waals surface area contributed by atoms with Crippen molar-refractivity contribution < 1.29 is 8.42 Å². The van der Waals surface area contributed by atoms with Gasteiger partial charge < -0.3 is 0 Å². The zero-order valence-electron chi connectivity index (χ0n) is 11.0. The zero-order valence-corrected chi connectivity index (χ0v) is 11.8. The highest BCUT2D eigenvalue weighted by Crippen LogP contribution is 2.25. The van der Waals surface area contributed by atoms with E-state index in [-0.39, 0.29) is 10.9 Å². The highest BCUT2D eigenvalue weighted by Gasteiger charge is 2.26. The molecule has 0 spiro atoms. The summed E-state index contributed by atoms with van der Waals surface area (Å²) < 4.78 is 27.3. The molecule has 4 nitrogen and oxygen atoms in total. The molecule has 0 heterocycles. The Morgan fingerprint density at radius 2 is 1.84 bits per heavy atom. The van der Waals surface area contributed by atoms with Gasteiger partial charge in [-0.25, -0.2) is 13.1 Å². The van der Waals surface area contributed by atoms with Crippen molar-refractivity contribution in [2.24, 2.45) is 5.92 Å². The van der Waals surface area contributed by atoms with Crippen LogP contribution in [0.2, 0.25) is 0 Å². The molecule has 1 aliphatic rings. The van der Waals surface area contributed by atoms with Crippen molar-refractivity contribution in [1.29, 1.82) is 5.26 Å². The lowest BCUT2D eigenvalue weighted by atomic mass is 9.87. The summed E-state index contributed by atoms with van der Waals surface area (Å²) in [6.07, 6.45) is 4.22.